The van der Waals surface area contributed by atoms with Crippen LogP contribution in [0, 0.1) is 19.8 Å². The topological polar surface area (TPSA) is 70.1 Å². The van der Waals surface area contributed by atoms with E-state index in [0.717, 1.165) is 46.7 Å². The Morgan fingerprint density at radius 2 is 1.97 bits per heavy atom. The first-order valence-electron chi connectivity index (χ1n) is 11.7. The summed E-state index contributed by atoms with van der Waals surface area (Å²) in [7, 11) is 0. The van der Waals surface area contributed by atoms with E-state index in [1.807, 2.05) is 32.1 Å². The molecule has 3 aliphatic rings. The third-order valence-corrected chi connectivity index (χ3v) is 7.39. The lowest BCUT2D eigenvalue weighted by atomic mass is 10.1. The molecule has 2 saturated carbocycles. The molecule has 3 aliphatic carbocycles. The van der Waals surface area contributed by atoms with Crippen molar-refractivity contribution in [3.8, 4) is 0 Å². The molecule has 0 saturated heterocycles. The first kappa shape index (κ1) is 21.7. The van der Waals surface area contributed by atoms with Crippen molar-refractivity contribution in [2.75, 3.05) is 6.54 Å². The van der Waals surface area contributed by atoms with Crippen LogP contribution in [0.3, 0.4) is 0 Å². The summed E-state index contributed by atoms with van der Waals surface area (Å²) < 4.78 is 0. The van der Waals surface area contributed by atoms with Crippen molar-refractivity contribution in [3.63, 3.8) is 0 Å². The number of rotatable bonds is 9. The molecule has 1 aromatic heterocycles. The van der Waals surface area contributed by atoms with Gasteiger partial charge in [-0.2, -0.15) is 0 Å². The molecule has 32 heavy (non-hydrogen) atoms. The molecule has 168 valence electrons. The number of nitrogens with zero attached hydrogens (tertiary/aromatic N) is 2. The Bertz CT molecular complexity index is 1010. The summed E-state index contributed by atoms with van der Waals surface area (Å²) >= 11 is 1.67. The van der Waals surface area contributed by atoms with E-state index in [1.165, 1.54) is 24.8 Å². The van der Waals surface area contributed by atoms with Crippen molar-refractivity contribution < 1.29 is 5.11 Å². The maximum absolute atomic E-state index is 10.9. The van der Waals surface area contributed by atoms with Crippen molar-refractivity contribution in [3.05, 3.63) is 76.8 Å². The van der Waals surface area contributed by atoms with Gasteiger partial charge in [-0.05, 0) is 75.8 Å². The summed E-state index contributed by atoms with van der Waals surface area (Å²) in [5, 5.41) is 18.9. The maximum atomic E-state index is 10.9. The number of hydrogen-bond donors (Lipinski definition) is 3. The molecule has 5 rings (SSSR count). The Morgan fingerprint density at radius 1 is 1.16 bits per heavy atom. The van der Waals surface area contributed by atoms with E-state index in [-0.39, 0.29) is 5.25 Å². The van der Waals surface area contributed by atoms with Crippen LogP contribution in [0.2, 0.25) is 0 Å². The molecule has 0 amide bonds. The number of allylic oxidation sites excluding steroid dienone is 2. The van der Waals surface area contributed by atoms with Crippen LogP contribution in [-0.2, 0) is 0 Å². The van der Waals surface area contributed by atoms with Crippen LogP contribution in [0.1, 0.15) is 60.3 Å². The van der Waals surface area contributed by atoms with Gasteiger partial charge in [-0.1, -0.05) is 42.1 Å². The van der Waals surface area contributed by atoms with Gasteiger partial charge in [0.05, 0.1) is 0 Å². The van der Waals surface area contributed by atoms with E-state index >= 15 is 0 Å². The average molecular weight is 449 g/mol. The van der Waals surface area contributed by atoms with Crippen LogP contribution in [0.15, 0.2) is 59.4 Å². The third-order valence-electron chi connectivity index (χ3n) is 6.36. The van der Waals surface area contributed by atoms with Gasteiger partial charge in [0.25, 0.3) is 0 Å². The molecule has 4 unspecified atom stereocenters. The molecule has 1 heterocycles. The number of aliphatic hydroxyl groups is 1. The maximum Gasteiger partial charge on any atom is 0.188 e. The Balaban J connectivity index is 1.19. The van der Waals surface area contributed by atoms with E-state index in [2.05, 4.69) is 51.0 Å². The Labute approximate surface area is 194 Å². The minimum absolute atomic E-state index is 0.243. The first-order valence-corrected chi connectivity index (χ1v) is 12.6. The number of aromatic nitrogens is 2. The fourth-order valence-corrected chi connectivity index (χ4v) is 5.43. The Hall–Kier alpha value is -2.15. The van der Waals surface area contributed by atoms with Crippen LogP contribution < -0.4 is 10.6 Å². The van der Waals surface area contributed by atoms with Gasteiger partial charge in [0.1, 0.15) is 0 Å². The molecule has 1 aromatic carbocycles. The number of thioether (sulfide) groups is 1. The molecule has 4 atom stereocenters. The monoisotopic (exact) mass is 448 g/mol. The predicted molar refractivity (Wildman–Crippen MR) is 129 cm³/mol. The quantitative estimate of drug-likeness (QED) is 0.387. The normalized spacial score (nSPS) is 25.3. The molecular weight excluding hydrogens is 416 g/mol. The van der Waals surface area contributed by atoms with E-state index < -0.39 is 6.23 Å². The minimum atomic E-state index is -0.733. The lowest BCUT2D eigenvalue weighted by Gasteiger charge is -2.21. The van der Waals surface area contributed by atoms with Gasteiger partial charge < -0.3 is 15.7 Å². The second kappa shape index (κ2) is 9.38. The lowest BCUT2D eigenvalue weighted by Crippen LogP contribution is -2.22. The zero-order valence-electron chi connectivity index (χ0n) is 18.8. The molecule has 0 radical (unpaired) electrons. The summed E-state index contributed by atoms with van der Waals surface area (Å²) in [6, 6.07) is 11.0. The highest BCUT2D eigenvalue weighted by Crippen LogP contribution is 2.42. The van der Waals surface area contributed by atoms with Crippen molar-refractivity contribution in [2.24, 2.45) is 5.92 Å². The van der Waals surface area contributed by atoms with Gasteiger partial charge in [0.2, 0.25) is 0 Å². The molecule has 6 heteroatoms. The van der Waals surface area contributed by atoms with E-state index in [0.29, 0.717) is 12.0 Å². The fourth-order valence-electron chi connectivity index (χ4n) is 4.34. The summed E-state index contributed by atoms with van der Waals surface area (Å²) in [5.74, 6) is 1.49. The number of benzene rings is 1. The zero-order chi connectivity index (χ0) is 22.1. The summed E-state index contributed by atoms with van der Waals surface area (Å²) in [6.45, 7) is 5.16. The Kier molecular flexibility index (Phi) is 6.35. The molecular formula is C26H32N4OS. The average Bonchev–Trinajstić information content (AvgIpc) is 3.67. The van der Waals surface area contributed by atoms with Crippen LogP contribution in [0.5, 0.6) is 0 Å². The summed E-state index contributed by atoms with van der Waals surface area (Å²) in [6.07, 6.45) is 10.5. The second-order valence-electron chi connectivity index (χ2n) is 9.37. The number of hydrogen-bond acceptors (Lipinski definition) is 6. The van der Waals surface area contributed by atoms with Crippen molar-refractivity contribution >= 4 is 11.8 Å². The smallest absolute Gasteiger partial charge is 0.188 e. The SMILES string of the molecule is Cc1cc(C)nc(SC2C=C(NC(O)c3cccc(C4CC4NCC4CC4)c3)C=CC2)n1. The predicted octanol–water partition coefficient (Wildman–Crippen LogP) is 4.53. The van der Waals surface area contributed by atoms with E-state index in [9.17, 15) is 5.11 Å². The molecule has 0 spiro atoms. The summed E-state index contributed by atoms with van der Waals surface area (Å²) in [4.78, 5) is 9.10. The second-order valence-corrected chi connectivity index (χ2v) is 10.6. The molecule has 2 fully saturated rings. The van der Waals surface area contributed by atoms with Crippen molar-refractivity contribution in [1.29, 1.82) is 0 Å². The molecule has 0 aliphatic heterocycles. The van der Waals surface area contributed by atoms with Crippen molar-refractivity contribution in [2.45, 2.75) is 68.1 Å². The highest BCUT2D eigenvalue weighted by molar-refractivity contribution is 7.99. The van der Waals surface area contributed by atoms with Gasteiger partial charge in [-0.3, -0.25) is 0 Å². The Morgan fingerprint density at radius 3 is 2.75 bits per heavy atom. The first-order chi connectivity index (χ1) is 15.5. The lowest BCUT2D eigenvalue weighted by molar-refractivity contribution is 0.152. The highest BCUT2D eigenvalue weighted by atomic mass is 32.2. The highest BCUT2D eigenvalue weighted by Gasteiger charge is 2.39. The fraction of sp³-hybridized carbons (Fsp3) is 0.462. The standard InChI is InChI=1S/C26H32N4OS/c1-16-11-17(2)29-26(28-16)32-22-8-4-7-21(13-22)30-25(31)20-6-3-5-19(12-20)23-14-24(23)27-15-18-9-10-18/h3-7,11-13,18,22-25,27,30-31H,8-10,14-15H2,1-2H3. The molecule has 2 aromatic rings. The molecule has 3 N–H and O–H groups in total. The van der Waals surface area contributed by atoms with Crippen LogP contribution >= 0.6 is 11.8 Å². The molecule has 0 bridgehead atoms. The minimum Gasteiger partial charge on any atom is -0.369 e. The van der Waals surface area contributed by atoms with Crippen LogP contribution in [0.4, 0.5) is 0 Å². The number of nitrogens with one attached hydrogen (secondary N) is 2. The van der Waals surface area contributed by atoms with E-state index in [4.69, 9.17) is 0 Å². The van der Waals surface area contributed by atoms with Gasteiger partial charge in [-0.15, -0.1) is 0 Å². The summed E-state index contributed by atoms with van der Waals surface area (Å²) in [5.41, 5.74) is 5.16. The zero-order valence-corrected chi connectivity index (χ0v) is 19.6. The third kappa shape index (κ3) is 5.61. The van der Waals surface area contributed by atoms with Crippen molar-refractivity contribution in [1.82, 2.24) is 20.6 Å². The van der Waals surface area contributed by atoms with Gasteiger partial charge in [-0.25, -0.2) is 9.97 Å². The number of aryl methyl sites for hydroxylation is 2. The molecule has 5 nitrogen and oxygen atoms in total. The van der Waals surface area contributed by atoms with Crippen LogP contribution in [-0.4, -0.2) is 32.9 Å². The van der Waals surface area contributed by atoms with E-state index in [1.54, 1.807) is 11.8 Å². The van der Waals surface area contributed by atoms with Gasteiger partial charge >= 0.3 is 0 Å². The largest absolute Gasteiger partial charge is 0.369 e. The van der Waals surface area contributed by atoms with Crippen LogP contribution in [0.25, 0.3) is 0 Å². The van der Waals surface area contributed by atoms with Gasteiger partial charge in [0, 0.05) is 39.9 Å². The van der Waals surface area contributed by atoms with Gasteiger partial charge in [0.15, 0.2) is 11.4 Å². The number of aliphatic hydroxyl groups excluding tert-OH is 1.